The molecule has 0 aliphatic heterocycles. The lowest BCUT2D eigenvalue weighted by atomic mass is 10.2. The van der Waals surface area contributed by atoms with Gasteiger partial charge in [0.15, 0.2) is 11.6 Å². The molecule has 2 aromatic heterocycles. The number of amides is 1. The van der Waals surface area contributed by atoms with E-state index in [0.717, 1.165) is 5.56 Å². The van der Waals surface area contributed by atoms with Crippen LogP contribution in [0.15, 0.2) is 29.1 Å². The minimum Gasteiger partial charge on any atom is -0.337 e. The van der Waals surface area contributed by atoms with Gasteiger partial charge in [-0.1, -0.05) is 0 Å². The molecule has 100 valence electrons. The molecule has 2 rings (SSSR count). The van der Waals surface area contributed by atoms with Crippen LogP contribution in [0.25, 0.3) is 0 Å². The molecule has 19 heavy (non-hydrogen) atoms. The van der Waals surface area contributed by atoms with Crippen LogP contribution in [-0.2, 0) is 6.54 Å². The lowest BCUT2D eigenvalue weighted by Gasteiger charge is -2.17. The molecule has 0 aromatic carbocycles. The lowest BCUT2D eigenvalue weighted by Crippen LogP contribution is -2.27. The minimum absolute atomic E-state index is 0.0549. The molecule has 7 heteroatoms. The summed E-state index contributed by atoms with van der Waals surface area (Å²) in [5.41, 5.74) is 3.07. The predicted octanol–water partition coefficient (Wildman–Crippen LogP) is 1.84. The van der Waals surface area contributed by atoms with Gasteiger partial charge in [0.05, 0.1) is 5.56 Å². The summed E-state index contributed by atoms with van der Waals surface area (Å²) in [4.78, 5) is 17.3. The van der Waals surface area contributed by atoms with Gasteiger partial charge in [0.2, 0.25) is 0 Å². The Hall–Kier alpha value is -1.99. The number of nitrogens with two attached hydrogens (primary N) is 1. The van der Waals surface area contributed by atoms with Crippen LogP contribution in [0, 0.1) is 5.82 Å². The Labute approximate surface area is 113 Å². The fourth-order valence-corrected chi connectivity index (χ4v) is 2.30. The standard InChI is InChI=1S/C12H13FN4OS/c1-17(6-8-3-5-19-7-8)12(18)9-2-4-15-11(16-14)10(9)13/h2-5,7H,6,14H2,1H3,(H,15,16). The molecule has 0 saturated carbocycles. The SMILES string of the molecule is CN(Cc1ccsc1)C(=O)c1ccnc(NN)c1F. The molecular weight excluding hydrogens is 267 g/mol. The van der Waals surface area contributed by atoms with E-state index in [1.807, 2.05) is 16.8 Å². The second-order valence-electron chi connectivity index (χ2n) is 3.96. The molecule has 0 saturated heterocycles. The first-order chi connectivity index (χ1) is 9.13. The number of hydrogen-bond donors (Lipinski definition) is 2. The molecule has 0 fully saturated rings. The maximum Gasteiger partial charge on any atom is 0.257 e. The molecule has 5 nitrogen and oxygen atoms in total. The zero-order chi connectivity index (χ0) is 13.8. The van der Waals surface area contributed by atoms with Gasteiger partial charge in [0.25, 0.3) is 5.91 Å². The first-order valence-electron chi connectivity index (χ1n) is 5.51. The van der Waals surface area contributed by atoms with E-state index in [4.69, 9.17) is 5.84 Å². The molecule has 0 unspecified atom stereocenters. The number of aromatic nitrogens is 1. The zero-order valence-electron chi connectivity index (χ0n) is 10.3. The Bertz CT molecular complexity index is 573. The van der Waals surface area contributed by atoms with Gasteiger partial charge in [-0.2, -0.15) is 11.3 Å². The largest absolute Gasteiger partial charge is 0.337 e. The highest BCUT2D eigenvalue weighted by Gasteiger charge is 2.19. The molecule has 0 atom stereocenters. The molecule has 0 aliphatic rings. The summed E-state index contributed by atoms with van der Waals surface area (Å²) in [5.74, 6) is 3.83. The van der Waals surface area contributed by atoms with E-state index in [9.17, 15) is 9.18 Å². The van der Waals surface area contributed by atoms with Crippen molar-refractivity contribution in [1.82, 2.24) is 9.88 Å². The van der Waals surface area contributed by atoms with Gasteiger partial charge in [0, 0.05) is 19.8 Å². The molecule has 0 bridgehead atoms. The molecule has 0 radical (unpaired) electrons. The molecule has 1 amide bonds. The van der Waals surface area contributed by atoms with Crippen LogP contribution in [0.1, 0.15) is 15.9 Å². The van der Waals surface area contributed by atoms with E-state index < -0.39 is 11.7 Å². The van der Waals surface area contributed by atoms with Crippen molar-refractivity contribution < 1.29 is 9.18 Å². The fraction of sp³-hybridized carbons (Fsp3) is 0.167. The monoisotopic (exact) mass is 280 g/mol. The third-order valence-electron chi connectivity index (χ3n) is 2.60. The summed E-state index contributed by atoms with van der Waals surface area (Å²) in [6, 6.07) is 3.26. The number of hydrogen-bond acceptors (Lipinski definition) is 5. The number of halogens is 1. The highest BCUT2D eigenvalue weighted by atomic mass is 32.1. The topological polar surface area (TPSA) is 71.2 Å². The van der Waals surface area contributed by atoms with Crippen LogP contribution in [0.3, 0.4) is 0 Å². The maximum absolute atomic E-state index is 13.9. The average Bonchev–Trinajstić information content (AvgIpc) is 2.91. The summed E-state index contributed by atoms with van der Waals surface area (Å²) in [7, 11) is 1.62. The van der Waals surface area contributed by atoms with Gasteiger partial charge in [0.1, 0.15) is 0 Å². The quantitative estimate of drug-likeness (QED) is 0.662. The molecule has 0 spiro atoms. The summed E-state index contributed by atoms with van der Waals surface area (Å²) in [5, 5.41) is 3.87. The minimum atomic E-state index is -0.743. The zero-order valence-corrected chi connectivity index (χ0v) is 11.1. The van der Waals surface area contributed by atoms with Crippen molar-refractivity contribution in [1.29, 1.82) is 0 Å². The van der Waals surface area contributed by atoms with Crippen LogP contribution in [0.2, 0.25) is 0 Å². The number of pyridine rings is 1. The van der Waals surface area contributed by atoms with E-state index >= 15 is 0 Å². The third kappa shape index (κ3) is 2.88. The Balaban J connectivity index is 2.19. The van der Waals surface area contributed by atoms with E-state index in [1.54, 1.807) is 18.4 Å². The number of nitrogens with zero attached hydrogens (tertiary/aromatic N) is 2. The molecule has 0 aliphatic carbocycles. The van der Waals surface area contributed by atoms with Crippen molar-refractivity contribution in [3.63, 3.8) is 0 Å². The van der Waals surface area contributed by atoms with Gasteiger partial charge >= 0.3 is 0 Å². The van der Waals surface area contributed by atoms with Crippen LogP contribution in [-0.4, -0.2) is 22.8 Å². The highest BCUT2D eigenvalue weighted by molar-refractivity contribution is 7.07. The number of nitrogens with one attached hydrogen (secondary N) is 1. The molecular formula is C12H13FN4OS. The van der Waals surface area contributed by atoms with Gasteiger partial charge in [-0.05, 0) is 28.5 Å². The fourth-order valence-electron chi connectivity index (χ4n) is 1.64. The smallest absolute Gasteiger partial charge is 0.257 e. The van der Waals surface area contributed by atoms with Gasteiger partial charge in [-0.25, -0.2) is 15.2 Å². The Morgan fingerprint density at radius 2 is 2.37 bits per heavy atom. The van der Waals surface area contributed by atoms with Crippen molar-refractivity contribution in [3.8, 4) is 0 Å². The first-order valence-corrected chi connectivity index (χ1v) is 6.45. The van der Waals surface area contributed by atoms with Crippen molar-refractivity contribution in [2.24, 2.45) is 5.84 Å². The van der Waals surface area contributed by atoms with Gasteiger partial charge in [-0.3, -0.25) is 4.79 Å². The number of carbonyl (C=O) groups is 1. The Kier molecular flexibility index (Phi) is 4.08. The average molecular weight is 280 g/mol. The first kappa shape index (κ1) is 13.4. The predicted molar refractivity (Wildman–Crippen MR) is 72.1 cm³/mol. The summed E-state index contributed by atoms with van der Waals surface area (Å²) >= 11 is 1.55. The van der Waals surface area contributed by atoms with E-state index in [2.05, 4.69) is 10.4 Å². The third-order valence-corrected chi connectivity index (χ3v) is 3.33. The van der Waals surface area contributed by atoms with E-state index in [-0.39, 0.29) is 11.4 Å². The molecule has 2 aromatic rings. The molecule has 2 heterocycles. The van der Waals surface area contributed by atoms with Crippen LogP contribution < -0.4 is 11.3 Å². The second-order valence-corrected chi connectivity index (χ2v) is 4.74. The number of carbonyl (C=O) groups excluding carboxylic acids is 1. The summed E-state index contributed by atoms with van der Waals surface area (Å²) in [6.07, 6.45) is 1.34. The molecule has 3 N–H and O–H groups in total. The number of rotatable bonds is 4. The number of hydrazine groups is 1. The van der Waals surface area contributed by atoms with Crippen LogP contribution >= 0.6 is 11.3 Å². The Morgan fingerprint density at radius 1 is 1.58 bits per heavy atom. The van der Waals surface area contributed by atoms with Crippen LogP contribution in [0.5, 0.6) is 0 Å². The van der Waals surface area contributed by atoms with E-state index in [1.165, 1.54) is 17.2 Å². The van der Waals surface area contributed by atoms with Gasteiger partial charge in [-0.15, -0.1) is 0 Å². The van der Waals surface area contributed by atoms with Crippen molar-refractivity contribution in [3.05, 3.63) is 46.0 Å². The number of thiophene rings is 1. The van der Waals surface area contributed by atoms with Crippen molar-refractivity contribution in [2.75, 3.05) is 12.5 Å². The summed E-state index contributed by atoms with van der Waals surface area (Å²) in [6.45, 7) is 0.426. The van der Waals surface area contributed by atoms with Crippen molar-refractivity contribution >= 4 is 23.1 Å². The normalized spacial score (nSPS) is 10.3. The number of nitrogen functional groups attached to an aromatic ring is 1. The summed E-state index contributed by atoms with van der Waals surface area (Å²) < 4.78 is 13.9. The van der Waals surface area contributed by atoms with E-state index in [0.29, 0.717) is 6.54 Å². The number of anilines is 1. The maximum atomic E-state index is 13.9. The second kappa shape index (κ2) is 5.77. The van der Waals surface area contributed by atoms with Gasteiger partial charge < -0.3 is 10.3 Å². The Morgan fingerprint density at radius 3 is 3.00 bits per heavy atom. The highest BCUT2D eigenvalue weighted by Crippen LogP contribution is 2.17. The van der Waals surface area contributed by atoms with Crippen LogP contribution in [0.4, 0.5) is 10.2 Å². The lowest BCUT2D eigenvalue weighted by molar-refractivity contribution is 0.0780. The van der Waals surface area contributed by atoms with Crippen molar-refractivity contribution in [2.45, 2.75) is 6.54 Å².